The van der Waals surface area contributed by atoms with E-state index in [2.05, 4.69) is 21.7 Å². The Morgan fingerprint density at radius 3 is 2.45 bits per heavy atom. The zero-order valence-electron chi connectivity index (χ0n) is 11.3. The van der Waals surface area contributed by atoms with E-state index < -0.39 is 12.7 Å². The number of halogens is 3. The van der Waals surface area contributed by atoms with Gasteiger partial charge < -0.3 is 5.32 Å². The number of rotatable bonds is 6. The summed E-state index contributed by atoms with van der Waals surface area (Å²) in [4.78, 5) is 5.00. The molecule has 2 rings (SSSR count). The molecular formula is C13H20F3N3S. The van der Waals surface area contributed by atoms with Crippen molar-refractivity contribution in [3.05, 3.63) is 22.4 Å². The monoisotopic (exact) mass is 307 g/mol. The third-order valence-corrected chi connectivity index (χ3v) is 4.23. The van der Waals surface area contributed by atoms with Crippen LogP contribution in [0.4, 0.5) is 13.2 Å². The van der Waals surface area contributed by atoms with Gasteiger partial charge in [0.25, 0.3) is 0 Å². The summed E-state index contributed by atoms with van der Waals surface area (Å²) in [5.74, 6) is 0. The Balaban J connectivity index is 1.55. The Hall–Kier alpha value is -0.630. The van der Waals surface area contributed by atoms with Crippen LogP contribution in [-0.4, -0.2) is 61.8 Å². The standard InChI is InChI=1S/C13H20F3N3S/c14-13(15,16)11-19-7-5-18(6-8-19)4-3-17-10-12-2-1-9-20-12/h1-2,9,17H,3-8,10-11H2. The highest BCUT2D eigenvalue weighted by Gasteiger charge is 2.31. The van der Waals surface area contributed by atoms with E-state index >= 15 is 0 Å². The highest BCUT2D eigenvalue weighted by Crippen LogP contribution is 2.17. The Morgan fingerprint density at radius 2 is 1.85 bits per heavy atom. The molecule has 0 amide bonds. The lowest BCUT2D eigenvalue weighted by molar-refractivity contribution is -0.149. The van der Waals surface area contributed by atoms with Crippen molar-refractivity contribution < 1.29 is 13.2 Å². The predicted molar refractivity (Wildman–Crippen MR) is 75.0 cm³/mol. The number of alkyl halides is 3. The molecule has 2 heterocycles. The molecule has 7 heteroatoms. The van der Waals surface area contributed by atoms with Crippen molar-refractivity contribution in [2.24, 2.45) is 0 Å². The van der Waals surface area contributed by atoms with E-state index in [4.69, 9.17) is 0 Å². The van der Waals surface area contributed by atoms with E-state index in [1.807, 2.05) is 6.07 Å². The van der Waals surface area contributed by atoms with Crippen molar-refractivity contribution in [3.8, 4) is 0 Å². The first-order chi connectivity index (χ1) is 9.53. The molecule has 20 heavy (non-hydrogen) atoms. The highest BCUT2D eigenvalue weighted by molar-refractivity contribution is 7.09. The van der Waals surface area contributed by atoms with Gasteiger partial charge in [-0.3, -0.25) is 9.80 Å². The second-order valence-corrected chi connectivity index (χ2v) is 6.02. The van der Waals surface area contributed by atoms with Crippen molar-refractivity contribution >= 4 is 11.3 Å². The van der Waals surface area contributed by atoms with Gasteiger partial charge in [-0.1, -0.05) is 6.07 Å². The van der Waals surface area contributed by atoms with Gasteiger partial charge in [-0.15, -0.1) is 11.3 Å². The summed E-state index contributed by atoms with van der Waals surface area (Å²) in [6.07, 6.45) is -4.08. The molecule has 0 aliphatic carbocycles. The molecule has 1 fully saturated rings. The van der Waals surface area contributed by atoms with E-state index in [1.165, 1.54) is 9.78 Å². The fourth-order valence-corrected chi connectivity index (χ4v) is 2.96. The maximum absolute atomic E-state index is 12.3. The molecule has 1 saturated heterocycles. The van der Waals surface area contributed by atoms with E-state index in [-0.39, 0.29) is 0 Å². The Bertz CT molecular complexity index is 373. The second-order valence-electron chi connectivity index (χ2n) is 4.99. The molecule has 114 valence electrons. The van der Waals surface area contributed by atoms with Crippen LogP contribution >= 0.6 is 11.3 Å². The minimum Gasteiger partial charge on any atom is -0.311 e. The topological polar surface area (TPSA) is 18.5 Å². The number of piperazine rings is 1. The summed E-state index contributed by atoms with van der Waals surface area (Å²) in [5, 5.41) is 5.41. The van der Waals surface area contributed by atoms with Crippen LogP contribution in [0, 0.1) is 0 Å². The quantitative estimate of drug-likeness (QED) is 0.811. The summed E-state index contributed by atoms with van der Waals surface area (Å²) in [5.41, 5.74) is 0. The summed E-state index contributed by atoms with van der Waals surface area (Å²) in [6, 6.07) is 4.12. The lowest BCUT2D eigenvalue weighted by Crippen LogP contribution is -2.50. The molecule has 1 aliphatic rings. The van der Waals surface area contributed by atoms with Gasteiger partial charge in [-0.05, 0) is 11.4 Å². The molecule has 0 aromatic carbocycles. The van der Waals surface area contributed by atoms with Crippen molar-refractivity contribution in [2.75, 3.05) is 45.8 Å². The zero-order chi connectivity index (χ0) is 14.4. The van der Waals surface area contributed by atoms with E-state index in [9.17, 15) is 13.2 Å². The molecule has 0 spiro atoms. The molecular weight excluding hydrogens is 287 g/mol. The van der Waals surface area contributed by atoms with Gasteiger partial charge in [0.1, 0.15) is 0 Å². The zero-order valence-corrected chi connectivity index (χ0v) is 12.1. The summed E-state index contributed by atoms with van der Waals surface area (Å²) in [6.45, 7) is 4.30. The maximum atomic E-state index is 12.3. The van der Waals surface area contributed by atoms with Gasteiger partial charge >= 0.3 is 6.18 Å². The number of nitrogens with one attached hydrogen (secondary N) is 1. The molecule has 0 bridgehead atoms. The van der Waals surface area contributed by atoms with Crippen molar-refractivity contribution in [2.45, 2.75) is 12.7 Å². The third kappa shape index (κ3) is 5.78. The van der Waals surface area contributed by atoms with Crippen LogP contribution in [0.25, 0.3) is 0 Å². The van der Waals surface area contributed by atoms with Crippen LogP contribution in [0.3, 0.4) is 0 Å². The first-order valence-corrected chi connectivity index (χ1v) is 7.65. The average Bonchev–Trinajstić information content (AvgIpc) is 2.88. The molecule has 1 aliphatic heterocycles. The highest BCUT2D eigenvalue weighted by atomic mass is 32.1. The van der Waals surface area contributed by atoms with Crippen molar-refractivity contribution in [3.63, 3.8) is 0 Å². The summed E-state index contributed by atoms with van der Waals surface area (Å²) >= 11 is 1.73. The largest absolute Gasteiger partial charge is 0.401 e. The lowest BCUT2D eigenvalue weighted by Gasteiger charge is -2.34. The normalized spacial score (nSPS) is 18.6. The molecule has 3 nitrogen and oxygen atoms in total. The minimum absolute atomic E-state index is 0.504. The minimum atomic E-state index is -4.08. The van der Waals surface area contributed by atoms with Crippen LogP contribution in [-0.2, 0) is 6.54 Å². The first-order valence-electron chi connectivity index (χ1n) is 6.77. The van der Waals surface area contributed by atoms with Crippen LogP contribution < -0.4 is 5.32 Å². The number of hydrogen-bond acceptors (Lipinski definition) is 4. The fraction of sp³-hybridized carbons (Fsp3) is 0.692. The van der Waals surface area contributed by atoms with Crippen LogP contribution in [0.2, 0.25) is 0 Å². The predicted octanol–water partition coefficient (Wildman–Crippen LogP) is 2.02. The van der Waals surface area contributed by atoms with Crippen LogP contribution in [0.5, 0.6) is 0 Å². The smallest absolute Gasteiger partial charge is 0.311 e. The van der Waals surface area contributed by atoms with Crippen LogP contribution in [0.1, 0.15) is 4.88 Å². The third-order valence-electron chi connectivity index (χ3n) is 3.35. The molecule has 0 radical (unpaired) electrons. The van der Waals surface area contributed by atoms with E-state index in [0.717, 1.165) is 32.7 Å². The maximum Gasteiger partial charge on any atom is 0.401 e. The molecule has 1 N–H and O–H groups in total. The van der Waals surface area contributed by atoms with Gasteiger partial charge in [0.2, 0.25) is 0 Å². The van der Waals surface area contributed by atoms with Gasteiger partial charge in [0, 0.05) is 50.7 Å². The second kappa shape index (κ2) is 7.40. The number of hydrogen-bond donors (Lipinski definition) is 1. The lowest BCUT2D eigenvalue weighted by atomic mass is 10.3. The van der Waals surface area contributed by atoms with Crippen molar-refractivity contribution in [1.29, 1.82) is 0 Å². The van der Waals surface area contributed by atoms with E-state index in [0.29, 0.717) is 13.1 Å². The Labute approximate surface area is 121 Å². The van der Waals surface area contributed by atoms with Gasteiger partial charge in [0.05, 0.1) is 6.54 Å². The molecule has 0 saturated carbocycles. The summed E-state index contributed by atoms with van der Waals surface area (Å²) in [7, 11) is 0. The van der Waals surface area contributed by atoms with Gasteiger partial charge in [0.15, 0.2) is 0 Å². The first kappa shape index (κ1) is 15.8. The van der Waals surface area contributed by atoms with Gasteiger partial charge in [-0.25, -0.2) is 0 Å². The molecule has 1 aromatic heterocycles. The Kier molecular flexibility index (Phi) is 5.83. The summed E-state index contributed by atoms with van der Waals surface area (Å²) < 4.78 is 36.8. The molecule has 0 atom stereocenters. The van der Waals surface area contributed by atoms with Gasteiger partial charge in [-0.2, -0.15) is 13.2 Å². The van der Waals surface area contributed by atoms with E-state index in [1.54, 1.807) is 11.3 Å². The Morgan fingerprint density at radius 1 is 1.15 bits per heavy atom. The SMILES string of the molecule is FC(F)(F)CN1CCN(CCNCc2cccs2)CC1. The molecule has 1 aromatic rings. The van der Waals surface area contributed by atoms with Crippen LogP contribution in [0.15, 0.2) is 17.5 Å². The number of thiophene rings is 1. The number of nitrogens with zero attached hydrogens (tertiary/aromatic N) is 2. The molecule has 0 unspecified atom stereocenters. The van der Waals surface area contributed by atoms with Crippen molar-refractivity contribution in [1.82, 2.24) is 15.1 Å². The average molecular weight is 307 g/mol. The fourth-order valence-electron chi connectivity index (χ4n) is 2.29.